The van der Waals surface area contributed by atoms with Crippen LogP contribution in [0.4, 0.5) is 0 Å². The first kappa shape index (κ1) is 15.8. The molecule has 0 unspecified atom stereocenters. The Morgan fingerprint density at radius 2 is 2.00 bits per heavy atom. The number of rotatable bonds is 6. The van der Waals surface area contributed by atoms with Gasteiger partial charge in [-0.3, -0.25) is 0 Å². The minimum atomic E-state index is -0.474. The first-order chi connectivity index (χ1) is 12.0. The van der Waals surface area contributed by atoms with Gasteiger partial charge in [-0.25, -0.2) is 4.98 Å². The van der Waals surface area contributed by atoms with Crippen molar-refractivity contribution in [3.05, 3.63) is 29.2 Å². The number of aromatic nitrogens is 1. The van der Waals surface area contributed by atoms with Crippen molar-refractivity contribution in [2.75, 3.05) is 6.54 Å². The number of nitrogens with zero attached hydrogens (tertiary/aromatic N) is 1. The van der Waals surface area contributed by atoms with Crippen LogP contribution in [-0.2, 0) is 5.54 Å². The molecule has 0 bridgehead atoms. The Hall–Kier alpha value is -1.39. The van der Waals surface area contributed by atoms with Gasteiger partial charge in [-0.2, -0.15) is 0 Å². The summed E-state index contributed by atoms with van der Waals surface area (Å²) in [6.45, 7) is 4.97. The van der Waals surface area contributed by atoms with E-state index in [2.05, 4.69) is 31.3 Å². The smallest absolute Gasteiger partial charge is 0.198 e. The molecule has 0 radical (unpaired) electrons. The van der Waals surface area contributed by atoms with Crippen molar-refractivity contribution in [1.82, 2.24) is 10.3 Å². The van der Waals surface area contributed by atoms with Gasteiger partial charge in [-0.05, 0) is 68.6 Å². The van der Waals surface area contributed by atoms with Crippen LogP contribution in [0.1, 0.15) is 87.6 Å². The van der Waals surface area contributed by atoms with E-state index in [4.69, 9.17) is 9.40 Å². The highest BCUT2D eigenvalue weighted by atomic mass is 16.3. The second-order valence-electron chi connectivity index (χ2n) is 8.91. The number of hydrogen-bond donors (Lipinski definition) is 2. The Morgan fingerprint density at radius 1 is 1.24 bits per heavy atom. The maximum Gasteiger partial charge on any atom is 0.198 e. The van der Waals surface area contributed by atoms with Gasteiger partial charge >= 0.3 is 0 Å². The monoisotopic (exact) mass is 340 g/mol. The van der Waals surface area contributed by atoms with E-state index >= 15 is 0 Å². The lowest BCUT2D eigenvalue weighted by molar-refractivity contribution is -0.0341. The topological polar surface area (TPSA) is 58.3 Å². The van der Waals surface area contributed by atoms with E-state index < -0.39 is 5.60 Å². The number of nitrogens with one attached hydrogen (secondary N) is 1. The van der Waals surface area contributed by atoms with Crippen LogP contribution in [0.25, 0.3) is 11.1 Å². The van der Waals surface area contributed by atoms with Gasteiger partial charge in [-0.15, -0.1) is 0 Å². The van der Waals surface area contributed by atoms with Crippen LogP contribution in [0.3, 0.4) is 0 Å². The molecule has 3 saturated carbocycles. The molecule has 2 N–H and O–H groups in total. The molecule has 2 aromatic rings. The molecular formula is C21H28N2O2. The largest absolute Gasteiger partial charge is 0.440 e. The Balaban J connectivity index is 1.50. The summed E-state index contributed by atoms with van der Waals surface area (Å²) in [5.74, 6) is 1.79. The highest BCUT2D eigenvalue weighted by Gasteiger charge is 2.47. The van der Waals surface area contributed by atoms with E-state index in [1.165, 1.54) is 24.0 Å². The molecule has 5 rings (SSSR count). The maximum atomic E-state index is 10.4. The summed E-state index contributed by atoms with van der Waals surface area (Å²) >= 11 is 0. The summed E-state index contributed by atoms with van der Waals surface area (Å²) in [5.41, 5.74) is 4.27. The molecule has 4 heteroatoms. The van der Waals surface area contributed by atoms with E-state index in [0.29, 0.717) is 18.4 Å². The first-order valence-electron chi connectivity index (χ1n) is 9.90. The van der Waals surface area contributed by atoms with E-state index in [9.17, 15) is 5.11 Å². The molecule has 4 nitrogen and oxygen atoms in total. The van der Waals surface area contributed by atoms with Crippen molar-refractivity contribution in [2.45, 2.75) is 81.8 Å². The van der Waals surface area contributed by atoms with E-state index in [1.807, 2.05) is 0 Å². The third-order valence-electron chi connectivity index (χ3n) is 6.39. The van der Waals surface area contributed by atoms with Crippen molar-refractivity contribution >= 4 is 11.1 Å². The zero-order chi connectivity index (χ0) is 17.2. The van der Waals surface area contributed by atoms with Gasteiger partial charge in [-0.1, -0.05) is 13.8 Å². The Kier molecular flexibility index (Phi) is 3.36. The van der Waals surface area contributed by atoms with Crippen LogP contribution in [0, 0.1) is 0 Å². The van der Waals surface area contributed by atoms with Crippen LogP contribution in [0.2, 0.25) is 0 Å². The maximum absolute atomic E-state index is 10.4. The fourth-order valence-electron chi connectivity index (χ4n) is 4.08. The highest BCUT2D eigenvalue weighted by Crippen LogP contribution is 2.50. The van der Waals surface area contributed by atoms with E-state index in [-0.39, 0.29) is 5.54 Å². The Labute approximate surface area is 149 Å². The van der Waals surface area contributed by atoms with Gasteiger partial charge in [0.25, 0.3) is 0 Å². The van der Waals surface area contributed by atoms with Gasteiger partial charge in [0.05, 0.1) is 5.60 Å². The van der Waals surface area contributed by atoms with Gasteiger partial charge < -0.3 is 14.8 Å². The molecule has 3 aliphatic rings. The van der Waals surface area contributed by atoms with Gasteiger partial charge in [0, 0.05) is 23.6 Å². The van der Waals surface area contributed by atoms with Crippen molar-refractivity contribution in [2.24, 2.45) is 0 Å². The molecule has 0 amide bonds. The van der Waals surface area contributed by atoms with Crippen molar-refractivity contribution in [3.8, 4) is 0 Å². The number of oxazole rings is 1. The molecule has 1 aromatic carbocycles. The Morgan fingerprint density at radius 3 is 2.56 bits per heavy atom. The van der Waals surface area contributed by atoms with Gasteiger partial charge in [0.2, 0.25) is 0 Å². The second kappa shape index (κ2) is 5.31. The summed E-state index contributed by atoms with van der Waals surface area (Å²) in [7, 11) is 0. The number of aliphatic hydroxyl groups is 1. The molecule has 134 valence electrons. The fourth-order valence-corrected chi connectivity index (χ4v) is 4.08. The van der Waals surface area contributed by atoms with Crippen LogP contribution in [-0.4, -0.2) is 22.2 Å². The summed E-state index contributed by atoms with van der Waals surface area (Å²) in [6, 6.07) is 4.58. The SMILES string of the molecule is CC(C)c1nc2cc(C3(NCC4(O)CCC4)CC3)cc(C3CC3)c2o1. The lowest BCUT2D eigenvalue weighted by Crippen LogP contribution is -2.49. The van der Waals surface area contributed by atoms with Crippen molar-refractivity contribution in [3.63, 3.8) is 0 Å². The van der Waals surface area contributed by atoms with Crippen LogP contribution < -0.4 is 5.32 Å². The molecule has 0 spiro atoms. The molecule has 0 atom stereocenters. The van der Waals surface area contributed by atoms with Crippen molar-refractivity contribution < 1.29 is 9.52 Å². The predicted octanol–water partition coefficient (Wildman–Crippen LogP) is 4.32. The average molecular weight is 340 g/mol. The highest BCUT2D eigenvalue weighted by molar-refractivity contribution is 5.79. The van der Waals surface area contributed by atoms with E-state index in [1.54, 1.807) is 0 Å². The summed E-state index contributed by atoms with van der Waals surface area (Å²) < 4.78 is 6.12. The quantitative estimate of drug-likeness (QED) is 0.822. The molecule has 25 heavy (non-hydrogen) atoms. The number of benzene rings is 1. The third kappa shape index (κ3) is 2.70. The van der Waals surface area contributed by atoms with E-state index in [0.717, 1.165) is 49.1 Å². The molecule has 3 fully saturated rings. The van der Waals surface area contributed by atoms with Crippen LogP contribution in [0.15, 0.2) is 16.5 Å². The summed E-state index contributed by atoms with van der Waals surface area (Å²) in [5, 5.41) is 14.1. The fraction of sp³-hybridized carbons (Fsp3) is 0.667. The minimum Gasteiger partial charge on any atom is -0.440 e. The molecule has 3 aliphatic carbocycles. The first-order valence-corrected chi connectivity index (χ1v) is 9.90. The standard InChI is InChI=1S/C21H28N2O2/c1-13(2)19-23-17-11-15(10-16(14-4-5-14)18(17)25-19)21(8-9-21)22-12-20(24)6-3-7-20/h10-11,13-14,22,24H,3-9,12H2,1-2H3. The van der Waals surface area contributed by atoms with Crippen LogP contribution in [0.5, 0.6) is 0 Å². The second-order valence-corrected chi connectivity index (χ2v) is 8.91. The lowest BCUT2D eigenvalue weighted by atomic mass is 9.80. The predicted molar refractivity (Wildman–Crippen MR) is 97.8 cm³/mol. The lowest BCUT2D eigenvalue weighted by Gasteiger charge is -2.38. The van der Waals surface area contributed by atoms with Crippen LogP contribution >= 0.6 is 0 Å². The van der Waals surface area contributed by atoms with Gasteiger partial charge in [0.1, 0.15) is 5.52 Å². The summed E-state index contributed by atoms with van der Waals surface area (Å²) in [6.07, 6.45) is 7.83. The average Bonchev–Trinajstić information content (AvgIpc) is 3.47. The molecule has 0 aliphatic heterocycles. The van der Waals surface area contributed by atoms with Crippen molar-refractivity contribution in [1.29, 1.82) is 0 Å². The Bertz CT molecular complexity index is 811. The zero-order valence-corrected chi connectivity index (χ0v) is 15.3. The molecule has 0 saturated heterocycles. The normalized spacial score (nSPS) is 23.8. The molecule has 1 aromatic heterocycles. The zero-order valence-electron chi connectivity index (χ0n) is 15.3. The minimum absolute atomic E-state index is 0.0418. The molecular weight excluding hydrogens is 312 g/mol. The third-order valence-corrected chi connectivity index (χ3v) is 6.39. The summed E-state index contributed by atoms with van der Waals surface area (Å²) in [4.78, 5) is 4.78. The molecule has 1 heterocycles. The number of hydrogen-bond acceptors (Lipinski definition) is 4. The van der Waals surface area contributed by atoms with Gasteiger partial charge in [0.15, 0.2) is 11.5 Å². The number of fused-ring (bicyclic) bond motifs is 1.